The Bertz CT molecular complexity index is 1290. The van der Waals surface area contributed by atoms with Gasteiger partial charge in [-0.05, 0) is 62.6 Å². The van der Waals surface area contributed by atoms with Crippen LogP contribution in [0.1, 0.15) is 58.5 Å². The number of nitrogens with zero attached hydrogens (tertiary/aromatic N) is 3. The average Bonchev–Trinajstić information content (AvgIpc) is 3.48. The van der Waals surface area contributed by atoms with Gasteiger partial charge in [-0.15, -0.1) is 11.3 Å². The van der Waals surface area contributed by atoms with Crippen LogP contribution < -0.4 is 10.9 Å². The third-order valence-corrected chi connectivity index (χ3v) is 7.88. The Morgan fingerprint density at radius 3 is 2.73 bits per heavy atom. The van der Waals surface area contributed by atoms with Crippen molar-refractivity contribution in [1.29, 1.82) is 0 Å². The molecule has 2 amide bonds. The first kappa shape index (κ1) is 21.8. The fourth-order valence-corrected chi connectivity index (χ4v) is 6.09. The van der Waals surface area contributed by atoms with Crippen molar-refractivity contribution in [3.05, 3.63) is 56.4 Å². The zero-order valence-electron chi connectivity index (χ0n) is 18.9. The molecule has 0 saturated carbocycles. The van der Waals surface area contributed by atoms with Gasteiger partial charge in [-0.25, -0.2) is 4.98 Å². The number of anilines is 1. The molecule has 1 aliphatic carbocycles. The molecule has 3 heterocycles. The van der Waals surface area contributed by atoms with Crippen LogP contribution in [0.4, 0.5) is 5.69 Å². The molecule has 7 nitrogen and oxygen atoms in total. The van der Waals surface area contributed by atoms with E-state index in [0.29, 0.717) is 11.3 Å². The molecule has 2 aromatic heterocycles. The van der Waals surface area contributed by atoms with Crippen LogP contribution in [0.3, 0.4) is 0 Å². The number of carbonyl (C=O) groups excluding carboxylic acids is 2. The number of rotatable bonds is 5. The minimum atomic E-state index is -0.223. The number of para-hydroxylation sites is 1. The summed E-state index contributed by atoms with van der Waals surface area (Å²) in [4.78, 5) is 47.3. The molecule has 0 radical (unpaired) electrons. The summed E-state index contributed by atoms with van der Waals surface area (Å²) in [7, 11) is 0. The normalized spacial score (nSPS) is 15.6. The third-order valence-electron chi connectivity index (χ3n) is 6.68. The molecule has 0 atom stereocenters. The largest absolute Gasteiger partial charge is 0.339 e. The zero-order chi connectivity index (χ0) is 22.9. The molecule has 0 bridgehead atoms. The highest BCUT2D eigenvalue weighted by Gasteiger charge is 2.24. The van der Waals surface area contributed by atoms with Crippen LogP contribution in [0.25, 0.3) is 10.2 Å². The summed E-state index contributed by atoms with van der Waals surface area (Å²) < 4.78 is 1.54. The number of fused-ring (bicyclic) bond motifs is 3. The number of hydrogen-bond acceptors (Lipinski definition) is 5. The van der Waals surface area contributed by atoms with E-state index in [1.165, 1.54) is 9.44 Å². The maximum atomic E-state index is 13.1. The summed E-state index contributed by atoms with van der Waals surface area (Å²) in [5.74, 6) is -0.265. The Morgan fingerprint density at radius 1 is 1.12 bits per heavy atom. The monoisotopic (exact) mass is 464 g/mol. The summed E-state index contributed by atoms with van der Waals surface area (Å²) in [6.45, 7) is 3.65. The van der Waals surface area contributed by atoms with Crippen molar-refractivity contribution in [3.63, 3.8) is 0 Å². The minimum Gasteiger partial charge on any atom is -0.339 e. The van der Waals surface area contributed by atoms with Crippen molar-refractivity contribution in [3.8, 4) is 0 Å². The summed E-state index contributed by atoms with van der Waals surface area (Å²) in [5.41, 5.74) is 3.02. The van der Waals surface area contributed by atoms with Crippen molar-refractivity contribution < 1.29 is 9.59 Å². The molecular formula is C25H28N4O3S. The lowest BCUT2D eigenvalue weighted by Gasteiger charge is -2.19. The number of benzene rings is 1. The Hall–Kier alpha value is -3.00. The highest BCUT2D eigenvalue weighted by Crippen LogP contribution is 2.33. The van der Waals surface area contributed by atoms with Crippen LogP contribution in [-0.2, 0) is 24.2 Å². The number of amides is 2. The van der Waals surface area contributed by atoms with E-state index in [4.69, 9.17) is 0 Å². The number of nitrogens with one attached hydrogen (secondary N) is 1. The smallest absolute Gasteiger partial charge is 0.262 e. The van der Waals surface area contributed by atoms with Gasteiger partial charge in [-0.3, -0.25) is 19.0 Å². The zero-order valence-corrected chi connectivity index (χ0v) is 19.7. The molecule has 1 aromatic carbocycles. The van der Waals surface area contributed by atoms with Gasteiger partial charge in [0.25, 0.3) is 11.5 Å². The van der Waals surface area contributed by atoms with E-state index in [-0.39, 0.29) is 30.3 Å². The highest BCUT2D eigenvalue weighted by atomic mass is 32.1. The predicted molar refractivity (Wildman–Crippen MR) is 130 cm³/mol. The lowest BCUT2D eigenvalue weighted by Crippen LogP contribution is -2.29. The second kappa shape index (κ2) is 9.09. The fourth-order valence-electron chi connectivity index (χ4n) is 4.87. The molecule has 1 saturated heterocycles. The van der Waals surface area contributed by atoms with Crippen molar-refractivity contribution in [2.45, 2.75) is 58.4 Å². The summed E-state index contributed by atoms with van der Waals surface area (Å²) >= 11 is 1.63. The first-order valence-corrected chi connectivity index (χ1v) is 12.5. The first-order chi connectivity index (χ1) is 16.0. The third kappa shape index (κ3) is 4.19. The number of hydrogen-bond donors (Lipinski definition) is 1. The van der Waals surface area contributed by atoms with Crippen molar-refractivity contribution in [1.82, 2.24) is 14.5 Å². The molecule has 3 aromatic rings. The van der Waals surface area contributed by atoms with E-state index in [2.05, 4.69) is 10.3 Å². The molecule has 8 heteroatoms. The number of aryl methyl sites for hydroxylation is 4. The summed E-state index contributed by atoms with van der Waals surface area (Å²) in [6.07, 6.45) is 7.92. The topological polar surface area (TPSA) is 84.3 Å². The van der Waals surface area contributed by atoms with E-state index in [0.717, 1.165) is 73.0 Å². The van der Waals surface area contributed by atoms with Gasteiger partial charge in [0.2, 0.25) is 5.91 Å². The van der Waals surface area contributed by atoms with Gasteiger partial charge in [-0.1, -0.05) is 12.1 Å². The second-order valence-corrected chi connectivity index (χ2v) is 10.0. The molecule has 1 aliphatic heterocycles. The molecule has 1 fully saturated rings. The van der Waals surface area contributed by atoms with E-state index < -0.39 is 0 Å². The van der Waals surface area contributed by atoms with Crippen molar-refractivity contribution >= 4 is 39.1 Å². The number of likely N-dealkylation sites (tertiary alicyclic amines) is 1. The van der Waals surface area contributed by atoms with Crippen LogP contribution in [0.5, 0.6) is 0 Å². The maximum Gasteiger partial charge on any atom is 0.262 e. The van der Waals surface area contributed by atoms with E-state index in [1.807, 2.05) is 24.0 Å². The van der Waals surface area contributed by atoms with Crippen LogP contribution in [0, 0.1) is 6.92 Å². The van der Waals surface area contributed by atoms with Gasteiger partial charge in [-0.2, -0.15) is 0 Å². The Morgan fingerprint density at radius 2 is 1.91 bits per heavy atom. The number of carbonyl (C=O) groups is 2. The molecule has 33 heavy (non-hydrogen) atoms. The van der Waals surface area contributed by atoms with Crippen LogP contribution in [0.2, 0.25) is 0 Å². The molecule has 5 rings (SSSR count). The molecule has 0 spiro atoms. The van der Waals surface area contributed by atoms with Crippen LogP contribution >= 0.6 is 11.3 Å². The van der Waals surface area contributed by atoms with Crippen molar-refractivity contribution in [2.24, 2.45) is 0 Å². The van der Waals surface area contributed by atoms with Crippen LogP contribution in [0.15, 0.2) is 29.3 Å². The molecule has 1 N–H and O–H groups in total. The lowest BCUT2D eigenvalue weighted by molar-refractivity contribution is -0.116. The predicted octanol–water partition coefficient (Wildman–Crippen LogP) is 3.91. The highest BCUT2D eigenvalue weighted by molar-refractivity contribution is 7.18. The molecular weight excluding hydrogens is 436 g/mol. The summed E-state index contributed by atoms with van der Waals surface area (Å²) in [6, 6.07) is 5.50. The van der Waals surface area contributed by atoms with Gasteiger partial charge in [0.1, 0.15) is 4.83 Å². The molecule has 2 aliphatic rings. The van der Waals surface area contributed by atoms with Gasteiger partial charge in [0, 0.05) is 30.9 Å². The first-order valence-electron chi connectivity index (χ1n) is 11.7. The van der Waals surface area contributed by atoms with Gasteiger partial charge in [0.15, 0.2) is 0 Å². The SMILES string of the molecule is Cc1cccc(C(=O)N2CCCC2)c1NC(=O)CCn1cnc2sc3c(c2c1=O)CCCC3. The Balaban J connectivity index is 1.33. The van der Waals surface area contributed by atoms with Crippen LogP contribution in [-0.4, -0.2) is 39.4 Å². The van der Waals surface area contributed by atoms with Gasteiger partial charge in [0.05, 0.1) is 23.0 Å². The number of aromatic nitrogens is 2. The fraction of sp³-hybridized carbons (Fsp3) is 0.440. The van der Waals surface area contributed by atoms with E-state index in [1.54, 1.807) is 23.7 Å². The quantitative estimate of drug-likeness (QED) is 0.621. The Labute approximate surface area is 196 Å². The standard InChI is InChI=1S/C25H28N4O3S/c1-16-7-6-9-18(24(31)28-12-4-5-13-28)22(16)27-20(30)11-14-29-15-26-23-21(25(29)32)17-8-2-3-10-19(17)33-23/h6-7,9,15H,2-5,8,10-14H2,1H3,(H,27,30). The van der Waals surface area contributed by atoms with Gasteiger partial charge >= 0.3 is 0 Å². The second-order valence-electron chi connectivity index (χ2n) is 8.93. The lowest BCUT2D eigenvalue weighted by atomic mass is 9.97. The van der Waals surface area contributed by atoms with Crippen molar-refractivity contribution in [2.75, 3.05) is 18.4 Å². The van der Waals surface area contributed by atoms with E-state index in [9.17, 15) is 14.4 Å². The Kier molecular flexibility index (Phi) is 6.01. The molecule has 0 unspecified atom stereocenters. The van der Waals surface area contributed by atoms with Gasteiger partial charge < -0.3 is 10.2 Å². The number of thiophene rings is 1. The molecule has 172 valence electrons. The maximum absolute atomic E-state index is 13.1. The average molecular weight is 465 g/mol. The summed E-state index contributed by atoms with van der Waals surface area (Å²) in [5, 5.41) is 3.67. The minimum absolute atomic E-state index is 0.0420. The van der Waals surface area contributed by atoms with E-state index >= 15 is 0 Å².